The molecule has 1 amide bonds. The van der Waals surface area contributed by atoms with Crippen molar-refractivity contribution in [2.24, 2.45) is 7.05 Å². The Kier molecular flexibility index (Phi) is 4.79. The van der Waals surface area contributed by atoms with Gasteiger partial charge in [0.15, 0.2) is 5.82 Å². The van der Waals surface area contributed by atoms with Gasteiger partial charge in [-0.1, -0.05) is 24.3 Å². The smallest absolute Gasteiger partial charge is 0.230 e. The first-order valence-electron chi connectivity index (χ1n) is 9.12. The van der Waals surface area contributed by atoms with E-state index < -0.39 is 0 Å². The maximum atomic E-state index is 12.4. The Morgan fingerprint density at radius 3 is 2.79 bits per heavy atom. The van der Waals surface area contributed by atoms with Gasteiger partial charge in [-0.05, 0) is 35.7 Å². The minimum absolute atomic E-state index is 0.166. The first-order valence-corrected chi connectivity index (χ1v) is 9.12. The quantitative estimate of drug-likeness (QED) is 0.569. The van der Waals surface area contributed by atoms with Gasteiger partial charge >= 0.3 is 0 Å². The number of hydrogen-bond acceptors (Lipinski definition) is 5. The Bertz CT molecular complexity index is 1250. The Morgan fingerprint density at radius 2 is 1.97 bits per heavy atom. The highest BCUT2D eigenvalue weighted by Gasteiger charge is 2.10. The summed E-state index contributed by atoms with van der Waals surface area (Å²) in [5, 5.41) is 25.7. The summed E-state index contributed by atoms with van der Waals surface area (Å²) in [5.74, 6) is 0.227. The zero-order valence-electron chi connectivity index (χ0n) is 16.1. The lowest BCUT2D eigenvalue weighted by atomic mass is 10.1. The van der Waals surface area contributed by atoms with E-state index in [1.54, 1.807) is 10.9 Å². The molecule has 0 atom stereocenters. The molecule has 2 aromatic carbocycles. The first kappa shape index (κ1) is 18.4. The van der Waals surface area contributed by atoms with Crippen molar-refractivity contribution in [2.45, 2.75) is 19.9 Å². The fraction of sp³-hybridized carbons (Fsp3) is 0.190. The molecule has 144 valence electrons. The van der Waals surface area contributed by atoms with Crippen LogP contribution in [0.3, 0.4) is 0 Å². The summed E-state index contributed by atoms with van der Waals surface area (Å²) in [5.41, 5.74) is 4.37. The third-order valence-corrected chi connectivity index (χ3v) is 4.73. The number of nitrogens with zero attached hydrogens (tertiary/aromatic N) is 6. The van der Waals surface area contributed by atoms with Crippen LogP contribution in [0.25, 0.3) is 10.9 Å². The first-order chi connectivity index (χ1) is 14.0. The molecule has 8 heteroatoms. The van der Waals surface area contributed by atoms with Crippen LogP contribution in [-0.4, -0.2) is 30.7 Å². The third-order valence-electron chi connectivity index (χ3n) is 4.73. The summed E-state index contributed by atoms with van der Waals surface area (Å²) in [6.07, 6.45) is 3.55. The number of hydrogen-bond donors (Lipinski definition) is 1. The molecular weight excluding hydrogens is 366 g/mol. The number of carbonyl (C=O) groups is 1. The molecule has 4 aromatic rings. The molecule has 0 aliphatic carbocycles. The van der Waals surface area contributed by atoms with Crippen LogP contribution in [0.2, 0.25) is 0 Å². The number of aromatic nitrogens is 5. The van der Waals surface area contributed by atoms with Crippen LogP contribution >= 0.6 is 0 Å². The minimum Gasteiger partial charge on any atom is -0.308 e. The molecule has 2 heterocycles. The van der Waals surface area contributed by atoms with Gasteiger partial charge in [-0.15, -0.1) is 5.10 Å². The van der Waals surface area contributed by atoms with Gasteiger partial charge in [0.25, 0.3) is 0 Å². The number of nitrogens with one attached hydrogen (secondary N) is 1. The number of benzene rings is 2. The molecule has 0 aliphatic rings. The van der Waals surface area contributed by atoms with Crippen molar-refractivity contribution in [3.63, 3.8) is 0 Å². The van der Waals surface area contributed by atoms with E-state index in [-0.39, 0.29) is 12.3 Å². The molecule has 0 bridgehead atoms. The van der Waals surface area contributed by atoms with Gasteiger partial charge in [0.05, 0.1) is 42.5 Å². The van der Waals surface area contributed by atoms with Crippen molar-refractivity contribution in [3.8, 4) is 6.07 Å². The van der Waals surface area contributed by atoms with Crippen LogP contribution in [0.5, 0.6) is 0 Å². The molecular formula is C21H19N7O. The fourth-order valence-electron chi connectivity index (χ4n) is 3.15. The lowest BCUT2D eigenvalue weighted by molar-refractivity contribution is -0.115. The maximum Gasteiger partial charge on any atom is 0.230 e. The standard InChI is InChI=1S/C21H19N7O/c1-14-3-4-16(7-18(14)10-22)13-28-24-12-20(26-28)25-21(29)9-15-5-6-17-11-23-27(2)19(17)8-15/h3-8,11-12H,9,13H2,1-2H3,(H,25,26,29). The van der Waals surface area contributed by atoms with Crippen molar-refractivity contribution in [1.29, 1.82) is 5.26 Å². The molecule has 2 aromatic heterocycles. The second-order valence-corrected chi connectivity index (χ2v) is 6.91. The van der Waals surface area contributed by atoms with E-state index in [4.69, 9.17) is 5.26 Å². The number of nitriles is 1. The molecule has 0 saturated heterocycles. The van der Waals surface area contributed by atoms with Crippen LogP contribution in [0.15, 0.2) is 48.8 Å². The number of rotatable bonds is 5. The van der Waals surface area contributed by atoms with Crippen LogP contribution in [0.1, 0.15) is 22.3 Å². The second-order valence-electron chi connectivity index (χ2n) is 6.91. The Morgan fingerprint density at radius 1 is 1.14 bits per heavy atom. The number of fused-ring (bicyclic) bond motifs is 1. The lowest BCUT2D eigenvalue weighted by Crippen LogP contribution is -2.15. The summed E-state index contributed by atoms with van der Waals surface area (Å²) in [7, 11) is 1.87. The monoisotopic (exact) mass is 385 g/mol. The number of amides is 1. The van der Waals surface area contributed by atoms with E-state index in [0.717, 1.165) is 27.6 Å². The van der Waals surface area contributed by atoms with Gasteiger partial charge in [0, 0.05) is 12.4 Å². The highest BCUT2D eigenvalue weighted by molar-refractivity contribution is 5.92. The normalized spacial score (nSPS) is 10.8. The molecule has 0 unspecified atom stereocenters. The number of carbonyl (C=O) groups excluding carboxylic acids is 1. The van der Waals surface area contributed by atoms with Gasteiger partial charge in [-0.25, -0.2) is 0 Å². The molecule has 29 heavy (non-hydrogen) atoms. The lowest BCUT2D eigenvalue weighted by Gasteiger charge is -2.04. The summed E-state index contributed by atoms with van der Waals surface area (Å²) in [6, 6.07) is 13.7. The number of anilines is 1. The Labute approximate surface area is 167 Å². The van der Waals surface area contributed by atoms with Gasteiger partial charge in [-0.2, -0.15) is 20.3 Å². The van der Waals surface area contributed by atoms with E-state index in [9.17, 15) is 4.79 Å². The van der Waals surface area contributed by atoms with Crippen molar-refractivity contribution in [1.82, 2.24) is 24.8 Å². The average Bonchev–Trinajstić information content (AvgIpc) is 3.29. The van der Waals surface area contributed by atoms with E-state index in [1.807, 2.05) is 50.4 Å². The van der Waals surface area contributed by atoms with E-state index >= 15 is 0 Å². The molecule has 0 spiro atoms. The van der Waals surface area contributed by atoms with Gasteiger partial charge in [0.2, 0.25) is 5.91 Å². The predicted octanol–water partition coefficient (Wildman–Crippen LogP) is 2.57. The highest BCUT2D eigenvalue weighted by Crippen LogP contribution is 2.16. The third kappa shape index (κ3) is 3.99. The van der Waals surface area contributed by atoms with E-state index in [2.05, 4.69) is 26.7 Å². The average molecular weight is 385 g/mol. The van der Waals surface area contributed by atoms with Gasteiger partial charge in [-0.3, -0.25) is 9.48 Å². The Balaban J connectivity index is 1.41. The van der Waals surface area contributed by atoms with Crippen molar-refractivity contribution in [3.05, 3.63) is 71.0 Å². The number of aryl methyl sites for hydroxylation is 2. The second kappa shape index (κ2) is 7.56. The molecule has 0 saturated carbocycles. The molecule has 0 fully saturated rings. The summed E-state index contributed by atoms with van der Waals surface area (Å²) >= 11 is 0. The summed E-state index contributed by atoms with van der Waals surface area (Å²) in [4.78, 5) is 13.9. The SMILES string of the molecule is Cc1ccc(Cn2ncc(NC(=O)Cc3ccc4cnn(C)c4c3)n2)cc1C#N. The molecule has 8 nitrogen and oxygen atoms in total. The van der Waals surface area contributed by atoms with Crippen molar-refractivity contribution >= 4 is 22.6 Å². The fourth-order valence-corrected chi connectivity index (χ4v) is 3.15. The highest BCUT2D eigenvalue weighted by atomic mass is 16.1. The van der Waals surface area contributed by atoms with Crippen LogP contribution in [0, 0.1) is 18.3 Å². The zero-order chi connectivity index (χ0) is 20.4. The van der Waals surface area contributed by atoms with Crippen LogP contribution in [0.4, 0.5) is 5.82 Å². The van der Waals surface area contributed by atoms with Crippen LogP contribution in [-0.2, 0) is 24.8 Å². The molecule has 4 rings (SSSR count). The van der Waals surface area contributed by atoms with Crippen molar-refractivity contribution < 1.29 is 4.79 Å². The molecule has 0 aliphatic heterocycles. The molecule has 0 radical (unpaired) electrons. The van der Waals surface area contributed by atoms with E-state index in [0.29, 0.717) is 17.9 Å². The van der Waals surface area contributed by atoms with Gasteiger partial charge in [0.1, 0.15) is 0 Å². The summed E-state index contributed by atoms with van der Waals surface area (Å²) < 4.78 is 1.78. The summed E-state index contributed by atoms with van der Waals surface area (Å²) in [6.45, 7) is 2.32. The minimum atomic E-state index is -0.166. The topological polar surface area (TPSA) is 101 Å². The largest absolute Gasteiger partial charge is 0.308 e. The molecule has 1 N–H and O–H groups in total. The van der Waals surface area contributed by atoms with Gasteiger partial charge < -0.3 is 5.32 Å². The Hall–Kier alpha value is -3.99. The maximum absolute atomic E-state index is 12.4. The van der Waals surface area contributed by atoms with E-state index in [1.165, 1.54) is 11.0 Å². The predicted molar refractivity (Wildman–Crippen MR) is 108 cm³/mol. The van der Waals surface area contributed by atoms with Crippen molar-refractivity contribution in [2.75, 3.05) is 5.32 Å². The zero-order valence-corrected chi connectivity index (χ0v) is 16.1. The van der Waals surface area contributed by atoms with Crippen LogP contribution < -0.4 is 5.32 Å².